The van der Waals surface area contributed by atoms with E-state index >= 15 is 0 Å². The summed E-state index contributed by atoms with van der Waals surface area (Å²) in [5.74, 6) is -0.0212. The summed E-state index contributed by atoms with van der Waals surface area (Å²) in [4.78, 5) is 16.5. The molecule has 1 amide bonds. The Kier molecular flexibility index (Phi) is 5.38. The van der Waals surface area contributed by atoms with Crippen molar-refractivity contribution in [1.82, 2.24) is 24.8 Å². The van der Waals surface area contributed by atoms with Crippen LogP contribution in [0.5, 0.6) is 0 Å². The van der Waals surface area contributed by atoms with Crippen molar-refractivity contribution in [1.29, 1.82) is 0 Å². The molecule has 0 aliphatic rings. The van der Waals surface area contributed by atoms with Gasteiger partial charge in [-0.1, -0.05) is 24.3 Å². The molecule has 0 unspecified atom stereocenters. The molecule has 0 bridgehead atoms. The Labute approximate surface area is 188 Å². The predicted octanol–water partition coefficient (Wildman–Crippen LogP) is 4.64. The van der Waals surface area contributed by atoms with Crippen molar-refractivity contribution in [2.45, 2.75) is 0 Å². The largest absolute Gasteiger partial charge is 0.322 e. The lowest BCUT2D eigenvalue weighted by Gasteiger charge is -2.07. The van der Waals surface area contributed by atoms with E-state index in [-0.39, 0.29) is 11.7 Å². The smallest absolute Gasteiger partial charge is 0.248 e. The van der Waals surface area contributed by atoms with Crippen LogP contribution < -0.4 is 5.32 Å². The Morgan fingerprint density at radius 1 is 0.939 bits per heavy atom. The van der Waals surface area contributed by atoms with E-state index in [9.17, 15) is 9.18 Å². The van der Waals surface area contributed by atoms with Crippen LogP contribution in [-0.4, -0.2) is 30.7 Å². The number of nitrogens with zero attached hydrogens (tertiary/aromatic N) is 5. The summed E-state index contributed by atoms with van der Waals surface area (Å²) in [6.07, 6.45) is 6.43. The molecule has 7 nitrogen and oxygen atoms in total. The number of benzene rings is 2. The van der Waals surface area contributed by atoms with E-state index in [0.717, 1.165) is 16.7 Å². The van der Waals surface area contributed by atoms with Gasteiger partial charge < -0.3 is 5.32 Å². The second-order valence-electron chi connectivity index (χ2n) is 7.21. The summed E-state index contributed by atoms with van der Waals surface area (Å²) in [5, 5.41) is 15.9. The maximum Gasteiger partial charge on any atom is 0.248 e. The number of carbonyl (C=O) groups excluding carboxylic acids is 1. The lowest BCUT2D eigenvalue weighted by Crippen LogP contribution is -2.07. The topological polar surface area (TPSA) is 85.1 Å². The van der Waals surface area contributed by atoms with Gasteiger partial charge in [0.2, 0.25) is 5.91 Å². The fourth-order valence-electron chi connectivity index (χ4n) is 3.30. The molecule has 1 N–H and O–H groups in total. The third kappa shape index (κ3) is 4.49. The van der Waals surface area contributed by atoms with Crippen LogP contribution in [0.25, 0.3) is 34.4 Å². The Hall–Kier alpha value is -4.72. The first-order valence-electron chi connectivity index (χ1n) is 10.1. The molecular weight excluding hydrogens is 419 g/mol. The van der Waals surface area contributed by atoms with E-state index in [1.54, 1.807) is 41.2 Å². The first-order valence-corrected chi connectivity index (χ1v) is 10.1. The Balaban J connectivity index is 1.38. The molecule has 0 radical (unpaired) electrons. The van der Waals surface area contributed by atoms with Crippen LogP contribution in [0.4, 0.5) is 10.1 Å². The molecular formula is C25H17FN6O. The minimum absolute atomic E-state index is 0.294. The van der Waals surface area contributed by atoms with E-state index in [0.29, 0.717) is 22.9 Å². The zero-order valence-electron chi connectivity index (χ0n) is 17.3. The summed E-state index contributed by atoms with van der Waals surface area (Å²) < 4.78 is 14.7. The maximum atomic E-state index is 13.0. The molecule has 2 aromatic carbocycles. The van der Waals surface area contributed by atoms with Gasteiger partial charge in [0.25, 0.3) is 0 Å². The lowest BCUT2D eigenvalue weighted by molar-refractivity contribution is -0.111. The molecule has 0 atom stereocenters. The highest BCUT2D eigenvalue weighted by molar-refractivity contribution is 6.02. The third-order valence-corrected chi connectivity index (χ3v) is 4.91. The quantitative estimate of drug-likeness (QED) is 0.406. The van der Waals surface area contributed by atoms with Crippen LogP contribution in [0, 0.1) is 5.82 Å². The number of carbonyl (C=O) groups is 1. The van der Waals surface area contributed by atoms with Gasteiger partial charge >= 0.3 is 0 Å². The third-order valence-electron chi connectivity index (χ3n) is 4.91. The van der Waals surface area contributed by atoms with Crippen LogP contribution in [0.3, 0.4) is 0 Å². The van der Waals surface area contributed by atoms with Crippen LogP contribution in [0.15, 0.2) is 91.3 Å². The van der Waals surface area contributed by atoms with E-state index in [4.69, 9.17) is 5.10 Å². The van der Waals surface area contributed by atoms with Crippen molar-refractivity contribution in [2.24, 2.45) is 0 Å². The van der Waals surface area contributed by atoms with Crippen LogP contribution >= 0.6 is 0 Å². The second kappa shape index (κ2) is 8.80. The average Bonchev–Trinajstić information content (AvgIpc) is 3.28. The summed E-state index contributed by atoms with van der Waals surface area (Å²) >= 11 is 0. The van der Waals surface area contributed by atoms with E-state index < -0.39 is 0 Å². The van der Waals surface area contributed by atoms with E-state index in [2.05, 4.69) is 20.5 Å². The molecule has 0 aliphatic carbocycles. The zero-order valence-corrected chi connectivity index (χ0v) is 17.3. The number of pyridine rings is 1. The van der Waals surface area contributed by atoms with Gasteiger partial charge in [0.1, 0.15) is 5.82 Å². The predicted molar refractivity (Wildman–Crippen MR) is 124 cm³/mol. The molecule has 0 aliphatic heterocycles. The highest BCUT2D eigenvalue weighted by atomic mass is 19.1. The normalized spacial score (nSPS) is 11.2. The van der Waals surface area contributed by atoms with Gasteiger partial charge in [-0.2, -0.15) is 9.61 Å². The van der Waals surface area contributed by atoms with Crippen molar-refractivity contribution in [2.75, 3.05) is 5.32 Å². The molecule has 33 heavy (non-hydrogen) atoms. The molecule has 3 heterocycles. The first kappa shape index (κ1) is 20.2. The molecule has 0 saturated heterocycles. The number of fused-ring (bicyclic) bond motifs is 1. The maximum absolute atomic E-state index is 13.0. The number of halogens is 1. The molecule has 0 fully saturated rings. The van der Waals surface area contributed by atoms with Gasteiger partial charge in [0, 0.05) is 35.3 Å². The average molecular weight is 436 g/mol. The van der Waals surface area contributed by atoms with Crippen LogP contribution in [-0.2, 0) is 4.79 Å². The van der Waals surface area contributed by atoms with Gasteiger partial charge in [-0.25, -0.2) is 4.39 Å². The highest BCUT2D eigenvalue weighted by Gasteiger charge is 2.11. The van der Waals surface area contributed by atoms with Gasteiger partial charge in [-0.15, -0.1) is 10.2 Å². The SMILES string of the molecule is O=C(/C=C/c1ccc(F)cc1)Nc1cccc(-c2ccc3nnc(-c4cccnc4)n3n2)c1. The number of nitrogens with one attached hydrogen (secondary N) is 1. The number of anilines is 1. The molecule has 5 rings (SSSR count). The molecule has 8 heteroatoms. The summed E-state index contributed by atoms with van der Waals surface area (Å²) in [6.45, 7) is 0. The second-order valence-corrected chi connectivity index (χ2v) is 7.21. The Morgan fingerprint density at radius 2 is 1.79 bits per heavy atom. The fourth-order valence-corrected chi connectivity index (χ4v) is 3.30. The van der Waals surface area contributed by atoms with Gasteiger partial charge in [-0.05, 0) is 60.2 Å². The number of rotatable bonds is 5. The fraction of sp³-hybridized carbons (Fsp3) is 0. The molecule has 0 saturated carbocycles. The summed E-state index contributed by atoms with van der Waals surface area (Å²) in [6, 6.07) is 20.7. The molecule has 3 aromatic heterocycles. The Bertz CT molecular complexity index is 1460. The minimum atomic E-state index is -0.320. The summed E-state index contributed by atoms with van der Waals surface area (Å²) in [7, 11) is 0. The molecule has 0 spiro atoms. The Morgan fingerprint density at radius 3 is 2.61 bits per heavy atom. The number of amides is 1. The van der Waals surface area contributed by atoms with E-state index in [1.165, 1.54) is 18.2 Å². The van der Waals surface area contributed by atoms with Crippen LogP contribution in [0.1, 0.15) is 5.56 Å². The highest BCUT2D eigenvalue weighted by Crippen LogP contribution is 2.23. The van der Waals surface area contributed by atoms with Gasteiger partial charge in [-0.3, -0.25) is 9.78 Å². The van der Waals surface area contributed by atoms with Crippen molar-refractivity contribution in [3.8, 4) is 22.6 Å². The van der Waals surface area contributed by atoms with Gasteiger partial charge in [0.15, 0.2) is 11.5 Å². The lowest BCUT2D eigenvalue weighted by atomic mass is 10.1. The van der Waals surface area contributed by atoms with Crippen molar-refractivity contribution < 1.29 is 9.18 Å². The van der Waals surface area contributed by atoms with Crippen molar-refractivity contribution in [3.05, 3.63) is 103 Å². The number of hydrogen-bond acceptors (Lipinski definition) is 5. The molecule has 160 valence electrons. The monoisotopic (exact) mass is 436 g/mol. The standard InChI is InChI=1S/C25H17FN6O/c26-20-9-6-17(7-10-20)8-13-24(33)28-21-5-1-3-18(15-21)22-11-12-23-29-30-25(32(23)31-22)19-4-2-14-27-16-19/h1-16H,(H,28,33)/b13-8+. The van der Waals surface area contributed by atoms with Gasteiger partial charge in [0.05, 0.1) is 5.69 Å². The number of aromatic nitrogens is 5. The number of hydrogen-bond donors (Lipinski definition) is 1. The van der Waals surface area contributed by atoms with E-state index in [1.807, 2.05) is 42.5 Å². The first-order chi connectivity index (χ1) is 16.2. The van der Waals surface area contributed by atoms with Crippen molar-refractivity contribution in [3.63, 3.8) is 0 Å². The zero-order chi connectivity index (χ0) is 22.6. The van der Waals surface area contributed by atoms with Crippen molar-refractivity contribution >= 4 is 23.3 Å². The minimum Gasteiger partial charge on any atom is -0.322 e. The molecule has 5 aromatic rings. The van der Waals surface area contributed by atoms with Crippen LogP contribution in [0.2, 0.25) is 0 Å². The summed E-state index contributed by atoms with van der Waals surface area (Å²) in [5.41, 5.74) is 4.31.